The van der Waals surface area contributed by atoms with Gasteiger partial charge in [0, 0.05) is 4.47 Å². The molecule has 0 aliphatic heterocycles. The van der Waals surface area contributed by atoms with E-state index in [0.29, 0.717) is 0 Å². The van der Waals surface area contributed by atoms with Crippen LogP contribution >= 0.6 is 15.9 Å². The fourth-order valence-electron chi connectivity index (χ4n) is 2.10. The molecule has 0 bridgehead atoms. The van der Waals surface area contributed by atoms with Gasteiger partial charge in [-0.3, -0.25) is 0 Å². The number of halogens is 1. The molecule has 1 fully saturated rings. The van der Waals surface area contributed by atoms with E-state index in [-0.39, 0.29) is 12.1 Å². The highest BCUT2D eigenvalue weighted by atomic mass is 79.9. The minimum Gasteiger partial charge on any atom is -0.495 e. The number of methoxy groups -OCH3 is 1. The summed E-state index contributed by atoms with van der Waals surface area (Å²) in [7, 11) is 1.65. The zero-order valence-corrected chi connectivity index (χ0v) is 10.8. The number of benzene rings is 1. The molecule has 0 unspecified atom stereocenters. The van der Waals surface area contributed by atoms with Crippen LogP contribution in [0.5, 0.6) is 5.75 Å². The number of hydrogen-bond acceptors (Lipinski definition) is 3. The molecular weight excluding hydrogens is 270 g/mol. The lowest BCUT2D eigenvalue weighted by Crippen LogP contribution is -2.28. The normalized spacial score (nSPS) is 24.4. The summed E-state index contributed by atoms with van der Waals surface area (Å²) >= 11 is 3.43. The predicted molar refractivity (Wildman–Crippen MR) is 68.0 cm³/mol. The highest BCUT2D eigenvalue weighted by Gasteiger charge is 2.25. The van der Waals surface area contributed by atoms with Crippen molar-refractivity contribution in [2.75, 3.05) is 12.4 Å². The van der Waals surface area contributed by atoms with Gasteiger partial charge in [0.05, 0.1) is 24.9 Å². The molecule has 1 saturated carbocycles. The van der Waals surface area contributed by atoms with Gasteiger partial charge in [-0.2, -0.15) is 0 Å². The first-order valence-electron chi connectivity index (χ1n) is 5.49. The second-order valence-corrected chi connectivity index (χ2v) is 5.01. The highest BCUT2D eigenvalue weighted by Crippen LogP contribution is 2.31. The molecule has 0 aromatic heterocycles. The lowest BCUT2D eigenvalue weighted by atomic mass is 10.2. The van der Waals surface area contributed by atoms with Crippen LogP contribution < -0.4 is 10.1 Å². The lowest BCUT2D eigenvalue weighted by molar-refractivity contribution is 0.171. The van der Waals surface area contributed by atoms with Gasteiger partial charge in [0.15, 0.2) is 0 Å². The van der Waals surface area contributed by atoms with E-state index in [0.717, 1.165) is 35.2 Å². The fraction of sp³-hybridized carbons (Fsp3) is 0.500. The second kappa shape index (κ2) is 5.06. The summed E-state index contributed by atoms with van der Waals surface area (Å²) in [4.78, 5) is 0. The molecule has 2 rings (SSSR count). The van der Waals surface area contributed by atoms with Gasteiger partial charge < -0.3 is 15.2 Å². The third-order valence-electron chi connectivity index (χ3n) is 2.98. The molecule has 0 saturated heterocycles. The number of aliphatic hydroxyl groups is 1. The first kappa shape index (κ1) is 11.7. The average Bonchev–Trinajstić information content (AvgIpc) is 2.65. The molecule has 88 valence electrons. The summed E-state index contributed by atoms with van der Waals surface area (Å²) in [6.45, 7) is 0. The van der Waals surface area contributed by atoms with E-state index in [4.69, 9.17) is 4.74 Å². The Morgan fingerprint density at radius 1 is 1.44 bits per heavy atom. The Morgan fingerprint density at radius 3 is 2.88 bits per heavy atom. The summed E-state index contributed by atoms with van der Waals surface area (Å²) in [6, 6.07) is 5.97. The number of rotatable bonds is 3. The molecule has 0 heterocycles. The van der Waals surface area contributed by atoms with E-state index in [1.54, 1.807) is 7.11 Å². The van der Waals surface area contributed by atoms with Crippen molar-refractivity contribution in [3.63, 3.8) is 0 Å². The monoisotopic (exact) mass is 285 g/mol. The number of hydrogen-bond donors (Lipinski definition) is 2. The van der Waals surface area contributed by atoms with Crippen LogP contribution in [0.25, 0.3) is 0 Å². The Labute approximate surface area is 104 Å². The second-order valence-electron chi connectivity index (χ2n) is 4.09. The van der Waals surface area contributed by atoms with Crippen LogP contribution in [0.4, 0.5) is 5.69 Å². The quantitative estimate of drug-likeness (QED) is 0.897. The number of anilines is 1. The smallest absolute Gasteiger partial charge is 0.142 e. The molecule has 0 spiro atoms. The minimum atomic E-state index is -0.247. The summed E-state index contributed by atoms with van der Waals surface area (Å²) in [5.41, 5.74) is 0.933. The van der Waals surface area contributed by atoms with Crippen LogP contribution in [0.2, 0.25) is 0 Å². The van der Waals surface area contributed by atoms with E-state index in [1.807, 2.05) is 18.2 Å². The van der Waals surface area contributed by atoms with Gasteiger partial charge in [0.25, 0.3) is 0 Å². The standard InChI is InChI=1S/C12H16BrNO2/c1-16-12-6-5-8(13)7-10(12)14-9-3-2-4-11(9)15/h5-7,9,11,14-15H,2-4H2,1H3/t9-,11-/m1/s1. The topological polar surface area (TPSA) is 41.5 Å². The van der Waals surface area contributed by atoms with Crippen LogP contribution in [0.1, 0.15) is 19.3 Å². The highest BCUT2D eigenvalue weighted by molar-refractivity contribution is 9.10. The van der Waals surface area contributed by atoms with Crippen LogP contribution in [0.3, 0.4) is 0 Å². The first-order chi connectivity index (χ1) is 7.70. The molecule has 1 aromatic carbocycles. The van der Waals surface area contributed by atoms with Crippen molar-refractivity contribution in [1.29, 1.82) is 0 Å². The molecule has 0 amide bonds. The maximum absolute atomic E-state index is 9.77. The third kappa shape index (κ3) is 2.50. The van der Waals surface area contributed by atoms with E-state index < -0.39 is 0 Å². The van der Waals surface area contributed by atoms with Crippen LogP contribution in [0.15, 0.2) is 22.7 Å². The Kier molecular flexibility index (Phi) is 3.71. The van der Waals surface area contributed by atoms with Crippen molar-refractivity contribution in [3.8, 4) is 5.75 Å². The molecule has 1 aromatic rings. The molecule has 4 heteroatoms. The molecular formula is C12H16BrNO2. The van der Waals surface area contributed by atoms with E-state index >= 15 is 0 Å². The first-order valence-corrected chi connectivity index (χ1v) is 6.28. The maximum atomic E-state index is 9.77. The summed E-state index contributed by atoms with van der Waals surface area (Å²) in [5, 5.41) is 13.1. The molecule has 1 aliphatic rings. The molecule has 1 aliphatic carbocycles. The summed E-state index contributed by atoms with van der Waals surface area (Å²) in [6.07, 6.45) is 2.73. The van der Waals surface area contributed by atoms with Crippen LogP contribution in [0, 0.1) is 0 Å². The molecule has 2 atom stereocenters. The van der Waals surface area contributed by atoms with Crippen molar-refractivity contribution in [2.24, 2.45) is 0 Å². The number of nitrogens with one attached hydrogen (secondary N) is 1. The van der Waals surface area contributed by atoms with Gasteiger partial charge >= 0.3 is 0 Å². The van der Waals surface area contributed by atoms with E-state index in [9.17, 15) is 5.11 Å². The van der Waals surface area contributed by atoms with Crippen LogP contribution in [-0.2, 0) is 0 Å². The van der Waals surface area contributed by atoms with Gasteiger partial charge in [0.2, 0.25) is 0 Å². The lowest BCUT2D eigenvalue weighted by Gasteiger charge is -2.19. The van der Waals surface area contributed by atoms with Crippen molar-refractivity contribution < 1.29 is 9.84 Å². The fourth-order valence-corrected chi connectivity index (χ4v) is 2.46. The van der Waals surface area contributed by atoms with E-state index in [1.165, 1.54) is 0 Å². The average molecular weight is 286 g/mol. The maximum Gasteiger partial charge on any atom is 0.142 e. The largest absolute Gasteiger partial charge is 0.495 e. The molecule has 3 nitrogen and oxygen atoms in total. The van der Waals surface area contributed by atoms with Crippen molar-refractivity contribution in [2.45, 2.75) is 31.4 Å². The molecule has 2 N–H and O–H groups in total. The zero-order chi connectivity index (χ0) is 11.5. The Hall–Kier alpha value is -0.740. The summed E-state index contributed by atoms with van der Waals surface area (Å²) in [5.74, 6) is 0.808. The van der Waals surface area contributed by atoms with Gasteiger partial charge in [0.1, 0.15) is 5.75 Å². The van der Waals surface area contributed by atoms with E-state index in [2.05, 4.69) is 21.2 Å². The van der Waals surface area contributed by atoms with Crippen molar-refractivity contribution in [1.82, 2.24) is 0 Å². The third-order valence-corrected chi connectivity index (χ3v) is 3.48. The van der Waals surface area contributed by atoms with Crippen LogP contribution in [-0.4, -0.2) is 24.4 Å². The Morgan fingerprint density at radius 2 is 2.25 bits per heavy atom. The van der Waals surface area contributed by atoms with Gasteiger partial charge in [-0.05, 0) is 37.5 Å². The van der Waals surface area contributed by atoms with Gasteiger partial charge in [-0.15, -0.1) is 0 Å². The number of ether oxygens (including phenoxy) is 1. The number of aliphatic hydroxyl groups excluding tert-OH is 1. The predicted octanol–water partition coefficient (Wildman–Crippen LogP) is 2.78. The van der Waals surface area contributed by atoms with Gasteiger partial charge in [-0.25, -0.2) is 0 Å². The zero-order valence-electron chi connectivity index (χ0n) is 9.24. The van der Waals surface area contributed by atoms with Crippen molar-refractivity contribution >= 4 is 21.6 Å². The minimum absolute atomic E-state index is 0.142. The van der Waals surface area contributed by atoms with Crippen molar-refractivity contribution in [3.05, 3.63) is 22.7 Å². The molecule has 16 heavy (non-hydrogen) atoms. The Bertz CT molecular complexity index is 370. The Balaban J connectivity index is 2.16. The molecule has 0 radical (unpaired) electrons. The van der Waals surface area contributed by atoms with Gasteiger partial charge in [-0.1, -0.05) is 15.9 Å². The summed E-state index contributed by atoms with van der Waals surface area (Å²) < 4.78 is 6.28. The SMILES string of the molecule is COc1ccc(Br)cc1N[C@@H]1CCC[C@H]1O.